The molecule has 0 radical (unpaired) electrons. The minimum absolute atomic E-state index is 0.755. The topological polar surface area (TPSA) is 12.0 Å². The molecular formula is C11H23N. The predicted molar refractivity (Wildman–Crippen MR) is 54.3 cm³/mol. The zero-order chi connectivity index (χ0) is 8.81. The van der Waals surface area contributed by atoms with E-state index < -0.39 is 0 Å². The summed E-state index contributed by atoms with van der Waals surface area (Å²) in [7, 11) is 0. The summed E-state index contributed by atoms with van der Waals surface area (Å²) in [5.74, 6) is 0.963. The Bertz CT molecular complexity index is 106. The van der Waals surface area contributed by atoms with Gasteiger partial charge in [-0.15, -0.1) is 0 Å². The molecule has 1 fully saturated rings. The van der Waals surface area contributed by atoms with Crippen molar-refractivity contribution in [3.8, 4) is 0 Å². The van der Waals surface area contributed by atoms with Crippen LogP contribution in [0.3, 0.4) is 0 Å². The zero-order valence-electron chi connectivity index (χ0n) is 8.60. The molecule has 1 nitrogen and oxygen atoms in total. The molecule has 0 aromatic carbocycles. The zero-order valence-corrected chi connectivity index (χ0v) is 8.60. The van der Waals surface area contributed by atoms with E-state index >= 15 is 0 Å². The van der Waals surface area contributed by atoms with Crippen LogP contribution in [0.5, 0.6) is 0 Å². The molecule has 0 saturated heterocycles. The van der Waals surface area contributed by atoms with E-state index in [0.717, 1.165) is 12.0 Å². The second kappa shape index (κ2) is 5.58. The molecule has 0 spiro atoms. The molecule has 1 N–H and O–H groups in total. The summed E-state index contributed by atoms with van der Waals surface area (Å²) in [6.45, 7) is 5.78. The van der Waals surface area contributed by atoms with Crippen molar-refractivity contribution in [3.05, 3.63) is 0 Å². The van der Waals surface area contributed by atoms with Crippen LogP contribution in [0.4, 0.5) is 0 Å². The number of hydrogen-bond donors (Lipinski definition) is 1. The lowest BCUT2D eigenvalue weighted by Gasteiger charge is -2.28. The highest BCUT2D eigenvalue weighted by Crippen LogP contribution is 2.26. The summed E-state index contributed by atoms with van der Waals surface area (Å²) in [5.41, 5.74) is 0. The van der Waals surface area contributed by atoms with Crippen molar-refractivity contribution in [2.24, 2.45) is 5.92 Å². The lowest BCUT2D eigenvalue weighted by Crippen LogP contribution is -2.35. The van der Waals surface area contributed by atoms with E-state index in [0.29, 0.717) is 0 Å². The van der Waals surface area contributed by atoms with Crippen LogP contribution in [0.15, 0.2) is 0 Å². The molecule has 0 bridgehead atoms. The van der Waals surface area contributed by atoms with Gasteiger partial charge in [-0.1, -0.05) is 26.2 Å². The highest BCUT2D eigenvalue weighted by Gasteiger charge is 2.18. The van der Waals surface area contributed by atoms with E-state index in [4.69, 9.17) is 0 Å². The van der Waals surface area contributed by atoms with Crippen LogP contribution in [0, 0.1) is 5.92 Å². The molecule has 0 unspecified atom stereocenters. The molecule has 0 aromatic heterocycles. The fourth-order valence-corrected chi connectivity index (χ4v) is 2.17. The Morgan fingerprint density at radius 2 is 1.92 bits per heavy atom. The Balaban J connectivity index is 2.15. The third-order valence-electron chi connectivity index (χ3n) is 3.07. The van der Waals surface area contributed by atoms with E-state index in [9.17, 15) is 0 Å². The van der Waals surface area contributed by atoms with Gasteiger partial charge in [-0.25, -0.2) is 0 Å². The van der Waals surface area contributed by atoms with Crippen molar-refractivity contribution in [1.82, 2.24) is 5.32 Å². The first-order valence-electron chi connectivity index (χ1n) is 5.58. The molecule has 0 amide bonds. The SMILES string of the molecule is CCCN[C@H](C)C1CCCCC1. The Hall–Kier alpha value is -0.0400. The highest BCUT2D eigenvalue weighted by molar-refractivity contribution is 4.75. The fourth-order valence-electron chi connectivity index (χ4n) is 2.17. The van der Waals surface area contributed by atoms with Crippen LogP contribution in [-0.4, -0.2) is 12.6 Å². The van der Waals surface area contributed by atoms with E-state index in [1.54, 1.807) is 0 Å². The first kappa shape index (κ1) is 10.0. The lowest BCUT2D eigenvalue weighted by molar-refractivity contribution is 0.282. The largest absolute Gasteiger partial charge is 0.314 e. The number of rotatable bonds is 4. The van der Waals surface area contributed by atoms with Gasteiger partial charge in [-0.3, -0.25) is 0 Å². The molecule has 1 atom stereocenters. The van der Waals surface area contributed by atoms with Gasteiger partial charge in [0.1, 0.15) is 0 Å². The third-order valence-corrected chi connectivity index (χ3v) is 3.07. The van der Waals surface area contributed by atoms with Crippen LogP contribution in [0.2, 0.25) is 0 Å². The average molecular weight is 169 g/mol. The van der Waals surface area contributed by atoms with E-state index in [-0.39, 0.29) is 0 Å². The lowest BCUT2D eigenvalue weighted by atomic mass is 9.84. The van der Waals surface area contributed by atoms with Gasteiger partial charge < -0.3 is 5.32 Å². The Morgan fingerprint density at radius 1 is 1.25 bits per heavy atom. The van der Waals surface area contributed by atoms with Crippen molar-refractivity contribution < 1.29 is 0 Å². The molecule has 0 heterocycles. The minimum Gasteiger partial charge on any atom is -0.314 e. The van der Waals surface area contributed by atoms with E-state index in [1.165, 1.54) is 45.1 Å². The van der Waals surface area contributed by atoms with Gasteiger partial charge in [0.05, 0.1) is 0 Å². The van der Waals surface area contributed by atoms with Gasteiger partial charge in [0.2, 0.25) is 0 Å². The molecular weight excluding hydrogens is 146 g/mol. The maximum atomic E-state index is 3.60. The van der Waals surface area contributed by atoms with E-state index in [1.807, 2.05) is 0 Å². The summed E-state index contributed by atoms with van der Waals surface area (Å²) in [5, 5.41) is 3.60. The van der Waals surface area contributed by atoms with Gasteiger partial charge in [-0.2, -0.15) is 0 Å². The third kappa shape index (κ3) is 3.14. The van der Waals surface area contributed by atoms with Crippen molar-refractivity contribution in [3.63, 3.8) is 0 Å². The van der Waals surface area contributed by atoms with Crippen LogP contribution in [0.1, 0.15) is 52.4 Å². The average Bonchev–Trinajstić information content (AvgIpc) is 2.15. The summed E-state index contributed by atoms with van der Waals surface area (Å²) >= 11 is 0. The van der Waals surface area contributed by atoms with Gasteiger partial charge in [-0.05, 0) is 38.6 Å². The first-order valence-corrected chi connectivity index (χ1v) is 5.58. The summed E-state index contributed by atoms with van der Waals surface area (Å²) in [6.07, 6.45) is 8.56. The van der Waals surface area contributed by atoms with Gasteiger partial charge in [0.15, 0.2) is 0 Å². The normalized spacial score (nSPS) is 22.5. The molecule has 1 aliphatic rings. The van der Waals surface area contributed by atoms with Crippen LogP contribution in [0.25, 0.3) is 0 Å². The van der Waals surface area contributed by atoms with Gasteiger partial charge in [0, 0.05) is 6.04 Å². The van der Waals surface area contributed by atoms with Crippen LogP contribution >= 0.6 is 0 Å². The molecule has 0 aromatic rings. The Kier molecular flexibility index (Phi) is 4.67. The summed E-state index contributed by atoms with van der Waals surface area (Å²) in [4.78, 5) is 0. The van der Waals surface area contributed by atoms with Gasteiger partial charge >= 0.3 is 0 Å². The van der Waals surface area contributed by atoms with Gasteiger partial charge in [0.25, 0.3) is 0 Å². The molecule has 1 heteroatoms. The van der Waals surface area contributed by atoms with Crippen molar-refractivity contribution in [2.75, 3.05) is 6.54 Å². The maximum Gasteiger partial charge on any atom is 0.00669 e. The van der Waals surface area contributed by atoms with Crippen molar-refractivity contribution >= 4 is 0 Å². The minimum atomic E-state index is 0.755. The smallest absolute Gasteiger partial charge is 0.00669 e. The predicted octanol–water partition coefficient (Wildman–Crippen LogP) is 2.95. The molecule has 1 saturated carbocycles. The highest BCUT2D eigenvalue weighted by atomic mass is 14.9. The molecule has 72 valence electrons. The van der Waals surface area contributed by atoms with Crippen LogP contribution in [-0.2, 0) is 0 Å². The molecule has 12 heavy (non-hydrogen) atoms. The van der Waals surface area contributed by atoms with Crippen molar-refractivity contribution in [2.45, 2.75) is 58.4 Å². The Labute approximate surface area is 76.9 Å². The summed E-state index contributed by atoms with van der Waals surface area (Å²) < 4.78 is 0. The van der Waals surface area contributed by atoms with Crippen molar-refractivity contribution in [1.29, 1.82) is 0 Å². The second-order valence-corrected chi connectivity index (χ2v) is 4.14. The summed E-state index contributed by atoms with van der Waals surface area (Å²) in [6, 6.07) is 0.755. The number of nitrogens with one attached hydrogen (secondary N) is 1. The van der Waals surface area contributed by atoms with E-state index in [2.05, 4.69) is 19.2 Å². The first-order chi connectivity index (χ1) is 5.84. The molecule has 1 aliphatic carbocycles. The quantitative estimate of drug-likeness (QED) is 0.682. The number of hydrogen-bond acceptors (Lipinski definition) is 1. The fraction of sp³-hybridized carbons (Fsp3) is 1.00. The second-order valence-electron chi connectivity index (χ2n) is 4.14. The monoisotopic (exact) mass is 169 g/mol. The molecule has 0 aliphatic heterocycles. The standard InChI is InChI=1S/C11H23N/c1-3-9-12-10(2)11-7-5-4-6-8-11/h10-12H,3-9H2,1-2H3/t10-/m1/s1. The molecule has 1 rings (SSSR count). The van der Waals surface area contributed by atoms with Crippen LogP contribution < -0.4 is 5.32 Å². The maximum absolute atomic E-state index is 3.60. The Morgan fingerprint density at radius 3 is 2.50 bits per heavy atom.